The van der Waals surface area contributed by atoms with Gasteiger partial charge in [0.05, 0.1) is 27.8 Å². The van der Waals surface area contributed by atoms with Gasteiger partial charge in [-0.05, 0) is 37.8 Å². The highest BCUT2D eigenvalue weighted by Crippen LogP contribution is 2.32. The number of fused-ring (bicyclic) bond motifs is 1. The summed E-state index contributed by atoms with van der Waals surface area (Å²) in [5.74, 6) is 0.0954. The van der Waals surface area contributed by atoms with Crippen LogP contribution in [0.3, 0.4) is 0 Å². The lowest BCUT2D eigenvalue weighted by Crippen LogP contribution is -2.53. The van der Waals surface area contributed by atoms with Gasteiger partial charge in [0, 0.05) is 30.2 Å². The minimum absolute atomic E-state index is 0.00733. The molecule has 0 radical (unpaired) electrons. The lowest BCUT2D eigenvalue weighted by atomic mass is 9.90. The van der Waals surface area contributed by atoms with E-state index in [1.165, 1.54) is 11.3 Å². The molecule has 2 aromatic heterocycles. The van der Waals surface area contributed by atoms with Crippen molar-refractivity contribution < 1.29 is 9.59 Å². The number of rotatable bonds is 5. The van der Waals surface area contributed by atoms with E-state index in [9.17, 15) is 9.59 Å². The van der Waals surface area contributed by atoms with Crippen LogP contribution < -0.4 is 5.32 Å². The first-order valence-corrected chi connectivity index (χ1v) is 12.8. The fourth-order valence-corrected chi connectivity index (χ4v) is 5.78. The van der Waals surface area contributed by atoms with Crippen LogP contribution in [0.2, 0.25) is 0 Å². The van der Waals surface area contributed by atoms with Crippen LogP contribution in [0, 0.1) is 12.8 Å². The highest BCUT2D eigenvalue weighted by Gasteiger charge is 2.34. The second-order valence-corrected chi connectivity index (χ2v) is 10.3. The van der Waals surface area contributed by atoms with Gasteiger partial charge in [0.1, 0.15) is 4.88 Å². The number of likely N-dealkylation sites (tertiary alicyclic amines) is 1. The molecule has 2 atom stereocenters. The quantitative estimate of drug-likeness (QED) is 0.415. The van der Waals surface area contributed by atoms with Gasteiger partial charge in [-0.1, -0.05) is 55.5 Å². The van der Waals surface area contributed by atoms with E-state index in [2.05, 4.69) is 22.2 Å². The Balaban J connectivity index is 1.38. The number of benzene rings is 2. The van der Waals surface area contributed by atoms with Crippen LogP contribution in [0.5, 0.6) is 0 Å². The third-order valence-corrected chi connectivity index (χ3v) is 7.66. The number of hydrogen-bond donors (Lipinski definition) is 1. The Kier molecular flexibility index (Phi) is 6.59. The molecule has 4 aromatic rings. The summed E-state index contributed by atoms with van der Waals surface area (Å²) in [5, 5.41) is 4.89. The first-order chi connectivity index (χ1) is 17.0. The summed E-state index contributed by atoms with van der Waals surface area (Å²) < 4.78 is 0. The van der Waals surface area contributed by atoms with Gasteiger partial charge in [0.15, 0.2) is 0 Å². The average molecular weight is 485 g/mol. The molecule has 1 fully saturated rings. The second-order valence-electron chi connectivity index (χ2n) is 9.05. The van der Waals surface area contributed by atoms with Gasteiger partial charge in [-0.2, -0.15) is 0 Å². The van der Waals surface area contributed by atoms with Gasteiger partial charge >= 0.3 is 0 Å². The molecule has 5 rings (SSSR count). The summed E-state index contributed by atoms with van der Waals surface area (Å²) in [5.41, 5.74) is 2.91. The number of aromatic nitrogens is 2. The molecule has 0 bridgehead atoms. The van der Waals surface area contributed by atoms with Crippen molar-refractivity contribution in [3.8, 4) is 11.3 Å². The summed E-state index contributed by atoms with van der Waals surface area (Å²) in [7, 11) is 0. The number of nitrogens with one attached hydrogen (secondary N) is 1. The summed E-state index contributed by atoms with van der Waals surface area (Å²) in [6, 6.07) is 19.2. The van der Waals surface area contributed by atoms with Crippen LogP contribution in [0.25, 0.3) is 22.2 Å². The first kappa shape index (κ1) is 23.2. The molecule has 7 heteroatoms. The molecule has 1 aliphatic rings. The van der Waals surface area contributed by atoms with Crippen LogP contribution in [0.4, 0.5) is 0 Å². The fraction of sp³-hybridized carbons (Fsp3) is 0.286. The first-order valence-electron chi connectivity index (χ1n) is 12.0. The Morgan fingerprint density at radius 3 is 2.71 bits per heavy atom. The SMILES string of the molecule is Cc1nc(-c2ccccc2)c(C(=O)N2CCC[C@@H](C)C2CNC(=O)c2cccc3cccnc23)s1. The molecule has 1 N–H and O–H groups in total. The molecule has 2 aromatic carbocycles. The third kappa shape index (κ3) is 4.68. The molecular formula is C28H28N4O2S. The number of nitrogens with zero attached hydrogens (tertiary/aromatic N) is 3. The maximum Gasteiger partial charge on any atom is 0.266 e. The predicted octanol–water partition coefficient (Wildman–Crippen LogP) is 5.34. The molecule has 0 aliphatic carbocycles. The predicted molar refractivity (Wildman–Crippen MR) is 140 cm³/mol. The maximum atomic E-state index is 13.8. The molecule has 178 valence electrons. The minimum Gasteiger partial charge on any atom is -0.350 e. The number of amides is 2. The van der Waals surface area contributed by atoms with Crippen LogP contribution >= 0.6 is 11.3 Å². The summed E-state index contributed by atoms with van der Waals surface area (Å²) in [6.07, 6.45) is 3.67. The smallest absolute Gasteiger partial charge is 0.266 e. The van der Waals surface area contributed by atoms with E-state index < -0.39 is 0 Å². The Hall–Kier alpha value is -3.58. The molecule has 2 amide bonds. The van der Waals surface area contributed by atoms with Crippen LogP contribution in [-0.4, -0.2) is 45.8 Å². The largest absolute Gasteiger partial charge is 0.350 e. The van der Waals surface area contributed by atoms with E-state index in [1.807, 2.05) is 66.4 Å². The standard InChI is InChI=1S/C28H28N4O2S/c1-18-9-8-16-32(28(34)26-25(31-19(2)35-26)21-10-4-3-5-11-21)23(18)17-30-27(33)22-14-6-12-20-13-7-15-29-24(20)22/h3-7,10-15,18,23H,8-9,16-17H2,1-2H3,(H,30,33)/t18-,23?/m1/s1. The summed E-state index contributed by atoms with van der Waals surface area (Å²) >= 11 is 1.44. The topological polar surface area (TPSA) is 75.2 Å². The number of pyridine rings is 1. The third-order valence-electron chi connectivity index (χ3n) is 6.70. The molecule has 0 spiro atoms. The van der Waals surface area contributed by atoms with E-state index in [1.54, 1.807) is 12.3 Å². The van der Waals surface area contributed by atoms with Crippen molar-refractivity contribution in [1.29, 1.82) is 0 Å². The van der Waals surface area contributed by atoms with E-state index in [0.29, 0.717) is 29.0 Å². The maximum absolute atomic E-state index is 13.8. The number of thiazole rings is 1. The highest BCUT2D eigenvalue weighted by molar-refractivity contribution is 7.14. The number of piperidine rings is 1. The number of para-hydroxylation sites is 1. The number of hydrogen-bond acceptors (Lipinski definition) is 5. The average Bonchev–Trinajstić information content (AvgIpc) is 3.29. The van der Waals surface area contributed by atoms with Gasteiger partial charge in [-0.15, -0.1) is 11.3 Å². The summed E-state index contributed by atoms with van der Waals surface area (Å²) in [6.45, 7) is 5.16. The molecule has 0 saturated carbocycles. The molecule has 1 saturated heterocycles. The van der Waals surface area contributed by atoms with Gasteiger partial charge in [0.2, 0.25) is 0 Å². The van der Waals surface area contributed by atoms with Gasteiger partial charge in [-0.3, -0.25) is 14.6 Å². The number of carbonyl (C=O) groups excluding carboxylic acids is 2. The normalized spacial score (nSPS) is 17.9. The Bertz CT molecular complexity index is 1360. The Morgan fingerprint density at radius 1 is 1.09 bits per heavy atom. The van der Waals surface area contributed by atoms with Crippen molar-refractivity contribution in [2.24, 2.45) is 5.92 Å². The number of carbonyl (C=O) groups is 2. The van der Waals surface area contributed by atoms with Crippen molar-refractivity contribution in [1.82, 2.24) is 20.2 Å². The molecule has 35 heavy (non-hydrogen) atoms. The molecule has 1 aliphatic heterocycles. The fourth-order valence-electron chi connectivity index (χ4n) is 4.89. The minimum atomic E-state index is -0.168. The highest BCUT2D eigenvalue weighted by atomic mass is 32.1. The van der Waals surface area contributed by atoms with E-state index in [4.69, 9.17) is 0 Å². The molecular weight excluding hydrogens is 456 g/mol. The zero-order valence-corrected chi connectivity index (χ0v) is 20.7. The monoisotopic (exact) mass is 484 g/mol. The van der Waals surface area contributed by atoms with Gasteiger partial charge in [-0.25, -0.2) is 4.98 Å². The zero-order valence-electron chi connectivity index (χ0n) is 19.9. The zero-order chi connectivity index (χ0) is 24.4. The lowest BCUT2D eigenvalue weighted by molar-refractivity contribution is 0.0512. The number of aryl methyl sites for hydroxylation is 1. The van der Waals surface area contributed by atoms with Crippen molar-refractivity contribution in [3.63, 3.8) is 0 Å². The van der Waals surface area contributed by atoms with Gasteiger partial charge in [0.25, 0.3) is 11.8 Å². The second kappa shape index (κ2) is 9.96. The molecule has 3 heterocycles. The van der Waals surface area contributed by atoms with Crippen LogP contribution in [0.15, 0.2) is 66.9 Å². The van der Waals surface area contributed by atoms with Crippen LogP contribution in [-0.2, 0) is 0 Å². The Morgan fingerprint density at radius 2 is 1.89 bits per heavy atom. The molecule has 1 unspecified atom stereocenters. The van der Waals surface area contributed by atoms with Crippen molar-refractivity contribution >= 4 is 34.1 Å². The molecule has 6 nitrogen and oxygen atoms in total. The van der Waals surface area contributed by atoms with Crippen LogP contribution in [0.1, 0.15) is 44.8 Å². The van der Waals surface area contributed by atoms with Crippen molar-refractivity contribution in [2.75, 3.05) is 13.1 Å². The van der Waals surface area contributed by atoms with E-state index in [0.717, 1.165) is 34.5 Å². The van der Waals surface area contributed by atoms with Crippen molar-refractivity contribution in [2.45, 2.75) is 32.7 Å². The van der Waals surface area contributed by atoms with Crippen molar-refractivity contribution in [3.05, 3.63) is 82.3 Å². The lowest BCUT2D eigenvalue weighted by Gasteiger charge is -2.40. The Labute approximate surface area is 209 Å². The summed E-state index contributed by atoms with van der Waals surface area (Å²) in [4.78, 5) is 38.6. The van der Waals surface area contributed by atoms with E-state index in [-0.39, 0.29) is 23.8 Å². The van der Waals surface area contributed by atoms with E-state index >= 15 is 0 Å². The van der Waals surface area contributed by atoms with Gasteiger partial charge < -0.3 is 10.2 Å².